The van der Waals surface area contributed by atoms with Crippen molar-refractivity contribution < 1.29 is 9.59 Å². The van der Waals surface area contributed by atoms with Gasteiger partial charge in [-0.15, -0.1) is 0 Å². The molecule has 1 aliphatic heterocycles. The second kappa shape index (κ2) is 9.76. The number of amides is 2. The second-order valence-corrected chi connectivity index (χ2v) is 8.17. The Kier molecular flexibility index (Phi) is 6.61. The number of para-hydroxylation sites is 1. The highest BCUT2D eigenvalue weighted by Crippen LogP contribution is 2.29. The third-order valence-electron chi connectivity index (χ3n) is 5.55. The minimum absolute atomic E-state index is 0.0121. The van der Waals surface area contributed by atoms with E-state index in [4.69, 9.17) is 17.3 Å². The number of aromatic nitrogens is 2. The highest BCUT2D eigenvalue weighted by molar-refractivity contribution is 6.31. The van der Waals surface area contributed by atoms with Crippen molar-refractivity contribution in [1.29, 1.82) is 5.26 Å². The van der Waals surface area contributed by atoms with E-state index in [1.165, 1.54) is 0 Å². The summed E-state index contributed by atoms with van der Waals surface area (Å²) < 4.78 is 1.56. The molecule has 3 aromatic rings. The van der Waals surface area contributed by atoms with Crippen LogP contribution in [-0.2, 0) is 11.2 Å². The largest absolute Gasteiger partial charge is 0.382 e. The van der Waals surface area contributed by atoms with Crippen molar-refractivity contribution in [3.63, 3.8) is 0 Å². The number of carbonyl (C=O) groups is 2. The Bertz CT molecular complexity index is 1230. The van der Waals surface area contributed by atoms with Gasteiger partial charge in [-0.1, -0.05) is 29.8 Å². The molecule has 3 N–H and O–H groups in total. The monoisotopic (exact) mass is 462 g/mol. The number of nitrogens with one attached hydrogen (secondary N) is 1. The zero-order valence-corrected chi connectivity index (χ0v) is 18.7. The van der Waals surface area contributed by atoms with Gasteiger partial charge < -0.3 is 16.0 Å². The van der Waals surface area contributed by atoms with Crippen molar-refractivity contribution in [2.75, 3.05) is 23.7 Å². The van der Waals surface area contributed by atoms with E-state index in [9.17, 15) is 14.9 Å². The molecule has 8 nitrogen and oxygen atoms in total. The van der Waals surface area contributed by atoms with Crippen LogP contribution in [0, 0.1) is 11.3 Å². The molecule has 33 heavy (non-hydrogen) atoms. The molecule has 4 rings (SSSR count). The fourth-order valence-corrected chi connectivity index (χ4v) is 4.08. The van der Waals surface area contributed by atoms with E-state index in [1.54, 1.807) is 27.8 Å². The van der Waals surface area contributed by atoms with E-state index in [1.807, 2.05) is 30.3 Å². The van der Waals surface area contributed by atoms with Gasteiger partial charge in [0.25, 0.3) is 5.91 Å². The Hall–Kier alpha value is -3.83. The van der Waals surface area contributed by atoms with Gasteiger partial charge in [-0.25, -0.2) is 4.68 Å². The van der Waals surface area contributed by atoms with Crippen LogP contribution >= 0.6 is 11.6 Å². The molecule has 1 saturated heterocycles. The third-order valence-corrected chi connectivity index (χ3v) is 5.79. The number of hydrogen-bond acceptors (Lipinski definition) is 5. The highest BCUT2D eigenvalue weighted by Gasteiger charge is 2.26. The predicted octanol–water partition coefficient (Wildman–Crippen LogP) is 3.47. The van der Waals surface area contributed by atoms with E-state index in [-0.39, 0.29) is 11.8 Å². The van der Waals surface area contributed by atoms with Gasteiger partial charge in [-0.05, 0) is 49.6 Å². The SMILES string of the molecule is N#Cc1c(CCCNC(=O)c2ccc(Cl)cc2N2CCCC2=O)nn(-c2ccccc2)c1N. The summed E-state index contributed by atoms with van der Waals surface area (Å²) in [5.41, 5.74) is 8.79. The summed E-state index contributed by atoms with van der Waals surface area (Å²) in [5.74, 6) is 0.00182. The number of rotatable bonds is 7. The van der Waals surface area contributed by atoms with Gasteiger partial charge >= 0.3 is 0 Å². The van der Waals surface area contributed by atoms with Crippen LogP contribution in [0.1, 0.15) is 40.9 Å². The third kappa shape index (κ3) is 4.69. The maximum Gasteiger partial charge on any atom is 0.253 e. The molecule has 0 aliphatic carbocycles. The summed E-state index contributed by atoms with van der Waals surface area (Å²) >= 11 is 6.11. The first-order valence-corrected chi connectivity index (χ1v) is 11.1. The molecular weight excluding hydrogens is 440 g/mol. The van der Waals surface area contributed by atoms with Gasteiger partial charge in [0, 0.05) is 24.5 Å². The van der Waals surface area contributed by atoms with Gasteiger partial charge in [0.15, 0.2) is 0 Å². The van der Waals surface area contributed by atoms with Crippen LogP contribution in [0.4, 0.5) is 11.5 Å². The Morgan fingerprint density at radius 1 is 1.24 bits per heavy atom. The van der Waals surface area contributed by atoms with Crippen LogP contribution in [0.3, 0.4) is 0 Å². The Labute approximate surface area is 196 Å². The number of nitrogens with zero attached hydrogens (tertiary/aromatic N) is 4. The summed E-state index contributed by atoms with van der Waals surface area (Å²) in [5, 5.41) is 17.4. The van der Waals surface area contributed by atoms with Gasteiger partial charge in [0.05, 0.1) is 22.6 Å². The smallest absolute Gasteiger partial charge is 0.253 e. The predicted molar refractivity (Wildman–Crippen MR) is 126 cm³/mol. The van der Waals surface area contributed by atoms with Crippen molar-refractivity contribution >= 4 is 34.9 Å². The lowest BCUT2D eigenvalue weighted by molar-refractivity contribution is -0.117. The molecule has 0 unspecified atom stereocenters. The van der Waals surface area contributed by atoms with Crippen molar-refractivity contribution in [3.05, 3.63) is 70.4 Å². The summed E-state index contributed by atoms with van der Waals surface area (Å²) in [7, 11) is 0. The van der Waals surface area contributed by atoms with E-state index in [2.05, 4.69) is 16.5 Å². The van der Waals surface area contributed by atoms with Crippen LogP contribution in [0.5, 0.6) is 0 Å². The maximum absolute atomic E-state index is 12.8. The molecule has 0 radical (unpaired) electrons. The van der Waals surface area contributed by atoms with Crippen LogP contribution in [0.2, 0.25) is 5.02 Å². The number of benzene rings is 2. The number of carbonyl (C=O) groups excluding carboxylic acids is 2. The maximum atomic E-state index is 12.8. The highest BCUT2D eigenvalue weighted by atomic mass is 35.5. The summed E-state index contributed by atoms with van der Waals surface area (Å²) in [6, 6.07) is 16.4. The van der Waals surface area contributed by atoms with Crippen molar-refractivity contribution in [1.82, 2.24) is 15.1 Å². The van der Waals surface area contributed by atoms with E-state index in [0.717, 1.165) is 12.1 Å². The molecule has 0 saturated carbocycles. The lowest BCUT2D eigenvalue weighted by Gasteiger charge is -2.19. The first-order valence-electron chi connectivity index (χ1n) is 10.7. The van der Waals surface area contributed by atoms with E-state index < -0.39 is 0 Å². The molecule has 2 amide bonds. The molecule has 2 aromatic carbocycles. The summed E-state index contributed by atoms with van der Waals surface area (Å²) in [4.78, 5) is 26.6. The average Bonchev–Trinajstić information content (AvgIpc) is 3.39. The van der Waals surface area contributed by atoms with Crippen molar-refractivity contribution in [3.8, 4) is 11.8 Å². The number of halogens is 1. The van der Waals surface area contributed by atoms with Gasteiger partial charge in [-0.2, -0.15) is 10.4 Å². The fourth-order valence-electron chi connectivity index (χ4n) is 3.92. The number of anilines is 2. The topological polar surface area (TPSA) is 117 Å². The zero-order chi connectivity index (χ0) is 23.4. The second-order valence-electron chi connectivity index (χ2n) is 7.74. The molecule has 9 heteroatoms. The van der Waals surface area contributed by atoms with Gasteiger partial charge in [-0.3, -0.25) is 9.59 Å². The zero-order valence-electron chi connectivity index (χ0n) is 17.9. The normalized spacial score (nSPS) is 13.2. The van der Waals surface area contributed by atoms with Crippen LogP contribution in [-0.4, -0.2) is 34.7 Å². The number of aryl methyl sites for hydroxylation is 1. The molecule has 168 valence electrons. The minimum Gasteiger partial charge on any atom is -0.382 e. The van der Waals surface area contributed by atoms with Crippen molar-refractivity contribution in [2.45, 2.75) is 25.7 Å². The summed E-state index contributed by atoms with van der Waals surface area (Å²) in [6.45, 7) is 0.944. The molecule has 1 aromatic heterocycles. The standard InChI is InChI=1S/C24H23ClN6O2/c25-16-10-11-18(21(14-16)30-13-5-9-22(30)32)24(33)28-12-4-8-20-19(15-26)23(27)31(29-20)17-6-2-1-3-7-17/h1-3,6-7,10-11,14H,4-5,8-9,12-13,27H2,(H,28,33). The number of nitrogens with two attached hydrogens (primary N) is 1. The fraction of sp³-hybridized carbons (Fsp3) is 0.250. The molecule has 0 bridgehead atoms. The number of nitrogen functional groups attached to an aromatic ring is 1. The Morgan fingerprint density at radius 3 is 2.73 bits per heavy atom. The number of nitriles is 1. The molecule has 0 spiro atoms. The molecule has 1 fully saturated rings. The molecule has 0 atom stereocenters. The van der Waals surface area contributed by atoms with Gasteiger partial charge in [0.2, 0.25) is 5.91 Å². The lowest BCUT2D eigenvalue weighted by Crippen LogP contribution is -2.30. The lowest BCUT2D eigenvalue weighted by atomic mass is 10.1. The Morgan fingerprint density at radius 2 is 2.03 bits per heavy atom. The van der Waals surface area contributed by atoms with Crippen LogP contribution in [0.15, 0.2) is 48.5 Å². The first kappa shape index (κ1) is 22.4. The quantitative estimate of drug-likeness (QED) is 0.521. The first-order chi connectivity index (χ1) is 16.0. The van der Waals surface area contributed by atoms with E-state index in [0.29, 0.717) is 65.7 Å². The minimum atomic E-state index is -0.281. The molecular formula is C24H23ClN6O2. The number of hydrogen-bond donors (Lipinski definition) is 2. The summed E-state index contributed by atoms with van der Waals surface area (Å²) in [6.07, 6.45) is 2.27. The van der Waals surface area contributed by atoms with E-state index >= 15 is 0 Å². The van der Waals surface area contributed by atoms with Crippen LogP contribution in [0.25, 0.3) is 5.69 Å². The Balaban J connectivity index is 1.42. The average molecular weight is 463 g/mol. The molecule has 1 aliphatic rings. The van der Waals surface area contributed by atoms with Gasteiger partial charge in [0.1, 0.15) is 17.5 Å². The van der Waals surface area contributed by atoms with Crippen molar-refractivity contribution in [2.24, 2.45) is 0 Å². The van der Waals surface area contributed by atoms with Crippen LogP contribution < -0.4 is 16.0 Å². The molecule has 2 heterocycles.